The summed E-state index contributed by atoms with van der Waals surface area (Å²) in [4.78, 5) is 24.9. The van der Waals surface area contributed by atoms with E-state index < -0.39 is 0 Å². The fraction of sp³-hybridized carbons (Fsp3) is 0.429. The largest absolute Gasteiger partial charge is 0.372 e. The van der Waals surface area contributed by atoms with Gasteiger partial charge in [0.1, 0.15) is 6.61 Å². The first-order valence-corrected chi connectivity index (χ1v) is 6.97. The fourth-order valence-corrected chi connectivity index (χ4v) is 2.38. The number of nitrogens with one attached hydrogen (secondary N) is 1. The first kappa shape index (κ1) is 14.8. The molecular weight excluding hydrogens is 280 g/mol. The maximum Gasteiger partial charge on any atom is 0.250 e. The van der Waals surface area contributed by atoms with E-state index in [1.54, 1.807) is 23.1 Å². The van der Waals surface area contributed by atoms with Gasteiger partial charge in [-0.3, -0.25) is 9.59 Å². The summed E-state index contributed by atoms with van der Waals surface area (Å²) in [6.45, 7) is 3.02. The second-order valence-corrected chi connectivity index (χ2v) is 4.91. The number of hydrogen-bond acceptors (Lipinski definition) is 3. The van der Waals surface area contributed by atoms with Crippen LogP contribution < -0.4 is 10.2 Å². The zero-order valence-electron chi connectivity index (χ0n) is 11.3. The number of hydrogen-bond donors (Lipinski definition) is 1. The number of rotatable bonds is 5. The van der Waals surface area contributed by atoms with E-state index in [-0.39, 0.29) is 18.4 Å². The molecule has 0 spiro atoms. The quantitative estimate of drug-likeness (QED) is 0.908. The number of anilines is 2. The molecule has 0 radical (unpaired) electrons. The van der Waals surface area contributed by atoms with Gasteiger partial charge in [0.05, 0.1) is 10.7 Å². The van der Waals surface area contributed by atoms with Crippen molar-refractivity contribution in [2.24, 2.45) is 0 Å². The lowest BCUT2D eigenvalue weighted by Crippen LogP contribution is -2.24. The van der Waals surface area contributed by atoms with Crippen molar-refractivity contribution in [3.8, 4) is 0 Å². The molecule has 1 heterocycles. The molecule has 1 aromatic rings. The molecule has 108 valence electrons. The summed E-state index contributed by atoms with van der Waals surface area (Å²) in [6, 6.07) is 5.13. The Labute approximate surface area is 122 Å². The maximum atomic E-state index is 11.7. The Morgan fingerprint density at radius 1 is 1.50 bits per heavy atom. The molecule has 1 N–H and O–H groups in total. The van der Waals surface area contributed by atoms with Crippen LogP contribution in [-0.4, -0.2) is 31.6 Å². The van der Waals surface area contributed by atoms with Crippen LogP contribution >= 0.6 is 11.6 Å². The van der Waals surface area contributed by atoms with Crippen LogP contribution in [0, 0.1) is 0 Å². The molecule has 5 nitrogen and oxygen atoms in total. The molecule has 1 aliphatic heterocycles. The van der Waals surface area contributed by atoms with Gasteiger partial charge in [-0.2, -0.15) is 0 Å². The molecule has 1 aliphatic rings. The Bertz CT molecular complexity index is 519. The summed E-state index contributed by atoms with van der Waals surface area (Å²) in [6.07, 6.45) is 1.41. The smallest absolute Gasteiger partial charge is 0.250 e. The highest BCUT2D eigenvalue weighted by atomic mass is 35.5. The molecule has 2 rings (SSSR count). The fourth-order valence-electron chi connectivity index (χ4n) is 2.10. The van der Waals surface area contributed by atoms with Gasteiger partial charge in [0, 0.05) is 25.3 Å². The highest BCUT2D eigenvalue weighted by Gasteiger charge is 2.23. The number of amides is 2. The lowest BCUT2D eigenvalue weighted by molar-refractivity contribution is -0.120. The number of ether oxygens (including phenoxy) is 1. The summed E-state index contributed by atoms with van der Waals surface area (Å²) in [7, 11) is 0. The Kier molecular flexibility index (Phi) is 4.98. The van der Waals surface area contributed by atoms with E-state index in [4.69, 9.17) is 16.3 Å². The van der Waals surface area contributed by atoms with Crippen molar-refractivity contribution in [2.45, 2.75) is 19.8 Å². The van der Waals surface area contributed by atoms with Crippen molar-refractivity contribution in [3.63, 3.8) is 0 Å². The minimum atomic E-state index is -0.229. The summed E-state index contributed by atoms with van der Waals surface area (Å²) in [5.41, 5.74) is 1.28. The van der Waals surface area contributed by atoms with Crippen molar-refractivity contribution in [1.29, 1.82) is 0 Å². The summed E-state index contributed by atoms with van der Waals surface area (Å²) in [5.74, 6) is -0.145. The van der Waals surface area contributed by atoms with Crippen molar-refractivity contribution < 1.29 is 14.3 Å². The first-order valence-electron chi connectivity index (χ1n) is 6.59. The molecular formula is C14H17ClN2O3. The average molecular weight is 297 g/mol. The SMILES string of the molecule is CCOCC(=O)Nc1ccc(N2CCCC2=O)c(Cl)c1. The second kappa shape index (κ2) is 6.72. The van der Waals surface area contributed by atoms with E-state index in [0.717, 1.165) is 6.42 Å². The van der Waals surface area contributed by atoms with Crippen LogP contribution in [0.15, 0.2) is 18.2 Å². The molecule has 0 saturated carbocycles. The number of nitrogens with zero attached hydrogens (tertiary/aromatic N) is 1. The molecule has 1 fully saturated rings. The van der Waals surface area contributed by atoms with E-state index in [1.807, 2.05) is 6.92 Å². The summed E-state index contributed by atoms with van der Waals surface area (Å²) < 4.78 is 5.02. The lowest BCUT2D eigenvalue weighted by atomic mass is 10.2. The molecule has 0 aliphatic carbocycles. The van der Waals surface area contributed by atoms with Gasteiger partial charge in [-0.15, -0.1) is 0 Å². The zero-order chi connectivity index (χ0) is 14.5. The van der Waals surface area contributed by atoms with Crippen LogP contribution in [0.5, 0.6) is 0 Å². The van der Waals surface area contributed by atoms with Crippen molar-refractivity contribution in [2.75, 3.05) is 30.0 Å². The van der Waals surface area contributed by atoms with Crippen molar-refractivity contribution >= 4 is 34.8 Å². The van der Waals surface area contributed by atoms with Crippen LogP contribution in [0.4, 0.5) is 11.4 Å². The Morgan fingerprint density at radius 2 is 2.30 bits per heavy atom. The predicted molar refractivity (Wildman–Crippen MR) is 78.2 cm³/mol. The molecule has 2 amide bonds. The third-order valence-corrected chi connectivity index (χ3v) is 3.34. The highest BCUT2D eigenvalue weighted by Crippen LogP contribution is 2.31. The minimum absolute atomic E-state index is 0.0144. The average Bonchev–Trinajstić information content (AvgIpc) is 2.83. The Balaban J connectivity index is 2.06. The van der Waals surface area contributed by atoms with Crippen LogP contribution in [0.3, 0.4) is 0 Å². The van der Waals surface area contributed by atoms with Gasteiger partial charge in [-0.25, -0.2) is 0 Å². The van der Waals surface area contributed by atoms with Gasteiger partial charge in [0.25, 0.3) is 0 Å². The van der Waals surface area contributed by atoms with Crippen LogP contribution in [-0.2, 0) is 14.3 Å². The van der Waals surface area contributed by atoms with Crippen LogP contribution in [0.2, 0.25) is 5.02 Å². The van der Waals surface area contributed by atoms with E-state index in [9.17, 15) is 9.59 Å². The molecule has 6 heteroatoms. The van der Waals surface area contributed by atoms with Crippen molar-refractivity contribution in [1.82, 2.24) is 0 Å². The molecule has 20 heavy (non-hydrogen) atoms. The minimum Gasteiger partial charge on any atom is -0.372 e. The van der Waals surface area contributed by atoms with Crippen LogP contribution in [0.25, 0.3) is 0 Å². The second-order valence-electron chi connectivity index (χ2n) is 4.50. The van der Waals surface area contributed by atoms with Gasteiger partial charge < -0.3 is 15.0 Å². The van der Waals surface area contributed by atoms with E-state index in [0.29, 0.717) is 36.0 Å². The standard InChI is InChI=1S/C14H17ClN2O3/c1-2-20-9-13(18)16-10-5-6-12(11(15)8-10)17-7-3-4-14(17)19/h5-6,8H,2-4,7,9H2,1H3,(H,16,18). The maximum absolute atomic E-state index is 11.7. The molecule has 1 aromatic carbocycles. The van der Waals surface area contributed by atoms with Crippen molar-refractivity contribution in [3.05, 3.63) is 23.2 Å². The van der Waals surface area contributed by atoms with Gasteiger partial charge >= 0.3 is 0 Å². The number of benzene rings is 1. The van der Waals surface area contributed by atoms with E-state index in [1.165, 1.54) is 0 Å². The lowest BCUT2D eigenvalue weighted by Gasteiger charge is -2.18. The van der Waals surface area contributed by atoms with Gasteiger partial charge in [0.15, 0.2) is 0 Å². The van der Waals surface area contributed by atoms with E-state index >= 15 is 0 Å². The normalized spacial score (nSPS) is 14.7. The topological polar surface area (TPSA) is 58.6 Å². The highest BCUT2D eigenvalue weighted by molar-refractivity contribution is 6.34. The monoisotopic (exact) mass is 296 g/mol. The first-order chi connectivity index (χ1) is 9.61. The number of carbonyl (C=O) groups is 2. The summed E-state index contributed by atoms with van der Waals surface area (Å²) >= 11 is 6.19. The molecule has 0 unspecified atom stereocenters. The molecule has 1 saturated heterocycles. The van der Waals surface area contributed by atoms with Gasteiger partial charge in [0.2, 0.25) is 11.8 Å². The van der Waals surface area contributed by atoms with Gasteiger partial charge in [-0.1, -0.05) is 11.6 Å². The molecule has 0 aromatic heterocycles. The third kappa shape index (κ3) is 3.49. The zero-order valence-corrected chi connectivity index (χ0v) is 12.1. The molecule has 0 bridgehead atoms. The predicted octanol–water partition coefficient (Wildman–Crippen LogP) is 2.44. The third-order valence-electron chi connectivity index (χ3n) is 3.03. The molecule has 0 atom stereocenters. The van der Waals surface area contributed by atoms with E-state index in [2.05, 4.69) is 5.32 Å². The Hall–Kier alpha value is -1.59. The van der Waals surface area contributed by atoms with Crippen LogP contribution in [0.1, 0.15) is 19.8 Å². The number of carbonyl (C=O) groups excluding carboxylic acids is 2. The Morgan fingerprint density at radius 3 is 2.90 bits per heavy atom. The number of halogens is 1. The van der Waals surface area contributed by atoms with Gasteiger partial charge in [-0.05, 0) is 31.5 Å². The summed E-state index contributed by atoms with van der Waals surface area (Å²) in [5, 5.41) is 3.15.